The molecule has 0 spiro atoms. The first-order valence-corrected chi connectivity index (χ1v) is 10.4. The van der Waals surface area contributed by atoms with Crippen LogP contribution in [0.25, 0.3) is 0 Å². The van der Waals surface area contributed by atoms with E-state index in [1.54, 1.807) is 14.2 Å². The highest BCUT2D eigenvalue weighted by Crippen LogP contribution is 2.41. The van der Waals surface area contributed by atoms with Crippen molar-refractivity contribution in [3.05, 3.63) is 59.2 Å². The van der Waals surface area contributed by atoms with Gasteiger partial charge >= 0.3 is 0 Å². The summed E-state index contributed by atoms with van der Waals surface area (Å²) in [6.45, 7) is 3.34. The molecule has 2 aliphatic rings. The number of hydrogen-bond donors (Lipinski definition) is 1. The predicted octanol–water partition coefficient (Wildman–Crippen LogP) is 3.57. The number of carbonyl (C=O) groups is 1. The SMILES string of the molecule is COc1cc2c(cc1OC)C(c1ccccc1)N(CC(=O)NC(C)C1CC1)CC2. The van der Waals surface area contributed by atoms with Crippen LogP contribution in [-0.2, 0) is 11.2 Å². The third-order valence-electron chi connectivity index (χ3n) is 6.15. The van der Waals surface area contributed by atoms with Crippen LogP contribution in [0.15, 0.2) is 42.5 Å². The molecule has 1 heterocycles. The zero-order valence-electron chi connectivity index (χ0n) is 17.5. The van der Waals surface area contributed by atoms with Crippen molar-refractivity contribution in [2.75, 3.05) is 27.3 Å². The largest absolute Gasteiger partial charge is 0.493 e. The summed E-state index contributed by atoms with van der Waals surface area (Å²) >= 11 is 0. The van der Waals surface area contributed by atoms with Gasteiger partial charge in [0.05, 0.1) is 26.8 Å². The number of nitrogens with one attached hydrogen (secondary N) is 1. The van der Waals surface area contributed by atoms with Crippen LogP contribution >= 0.6 is 0 Å². The molecule has 0 saturated heterocycles. The summed E-state index contributed by atoms with van der Waals surface area (Å²) < 4.78 is 11.1. The minimum absolute atomic E-state index is 0.0155. The summed E-state index contributed by atoms with van der Waals surface area (Å²) in [7, 11) is 3.33. The van der Waals surface area contributed by atoms with E-state index in [-0.39, 0.29) is 18.0 Å². The lowest BCUT2D eigenvalue weighted by Gasteiger charge is -2.38. The molecular weight excluding hydrogens is 364 g/mol. The van der Waals surface area contributed by atoms with Gasteiger partial charge in [0.1, 0.15) is 0 Å². The van der Waals surface area contributed by atoms with E-state index in [0.717, 1.165) is 24.5 Å². The normalized spacial score (nSPS) is 19.9. The Labute approximate surface area is 173 Å². The smallest absolute Gasteiger partial charge is 0.234 e. The topological polar surface area (TPSA) is 50.8 Å². The van der Waals surface area contributed by atoms with Gasteiger partial charge < -0.3 is 14.8 Å². The van der Waals surface area contributed by atoms with Crippen molar-refractivity contribution in [3.63, 3.8) is 0 Å². The maximum absolute atomic E-state index is 12.8. The molecule has 0 radical (unpaired) electrons. The summed E-state index contributed by atoms with van der Waals surface area (Å²) in [6.07, 6.45) is 3.34. The van der Waals surface area contributed by atoms with Crippen LogP contribution in [0.1, 0.15) is 42.5 Å². The van der Waals surface area contributed by atoms with Gasteiger partial charge in [-0.3, -0.25) is 9.69 Å². The molecule has 1 aliphatic heterocycles. The lowest BCUT2D eigenvalue weighted by molar-refractivity contribution is -0.123. The van der Waals surface area contributed by atoms with Crippen molar-refractivity contribution in [3.8, 4) is 11.5 Å². The highest BCUT2D eigenvalue weighted by atomic mass is 16.5. The van der Waals surface area contributed by atoms with Crippen LogP contribution in [0.4, 0.5) is 0 Å². The Morgan fingerprint density at radius 2 is 1.83 bits per heavy atom. The maximum atomic E-state index is 12.8. The van der Waals surface area contributed by atoms with Gasteiger partial charge in [-0.05, 0) is 60.9 Å². The van der Waals surface area contributed by atoms with Crippen LogP contribution in [0.5, 0.6) is 11.5 Å². The van der Waals surface area contributed by atoms with E-state index in [1.807, 2.05) is 6.07 Å². The van der Waals surface area contributed by atoms with E-state index in [0.29, 0.717) is 12.5 Å². The highest BCUT2D eigenvalue weighted by molar-refractivity contribution is 5.78. The molecule has 154 valence electrons. The van der Waals surface area contributed by atoms with Gasteiger partial charge in [-0.1, -0.05) is 30.3 Å². The van der Waals surface area contributed by atoms with Gasteiger partial charge in [0.25, 0.3) is 0 Å². The van der Waals surface area contributed by atoms with E-state index in [9.17, 15) is 4.79 Å². The number of nitrogens with zero attached hydrogens (tertiary/aromatic N) is 1. The van der Waals surface area contributed by atoms with E-state index in [1.165, 1.54) is 29.5 Å². The summed E-state index contributed by atoms with van der Waals surface area (Å²) in [5.74, 6) is 2.24. The summed E-state index contributed by atoms with van der Waals surface area (Å²) in [5, 5.41) is 3.20. The van der Waals surface area contributed by atoms with Gasteiger partial charge in [0, 0.05) is 12.6 Å². The van der Waals surface area contributed by atoms with Gasteiger partial charge in [-0.25, -0.2) is 0 Å². The summed E-state index contributed by atoms with van der Waals surface area (Å²) in [4.78, 5) is 15.0. The molecule has 2 aromatic rings. The van der Waals surface area contributed by atoms with Gasteiger partial charge in [0.15, 0.2) is 11.5 Å². The summed E-state index contributed by atoms with van der Waals surface area (Å²) in [6, 6.07) is 14.8. The van der Waals surface area contributed by atoms with Crippen LogP contribution < -0.4 is 14.8 Å². The standard InChI is InChI=1S/C24H30N2O3/c1-16(17-9-10-17)25-23(27)15-26-12-11-19-13-21(28-2)22(29-3)14-20(19)24(26)18-7-5-4-6-8-18/h4-8,13-14,16-17,24H,9-12,15H2,1-3H3,(H,25,27). The van der Waals surface area contributed by atoms with Crippen molar-refractivity contribution >= 4 is 5.91 Å². The lowest BCUT2D eigenvalue weighted by Crippen LogP contribution is -2.45. The van der Waals surface area contributed by atoms with Crippen LogP contribution in [0, 0.1) is 5.92 Å². The molecule has 4 rings (SSSR count). The second-order valence-corrected chi connectivity index (χ2v) is 8.13. The number of carbonyl (C=O) groups excluding carboxylic acids is 1. The minimum Gasteiger partial charge on any atom is -0.493 e. The predicted molar refractivity (Wildman–Crippen MR) is 113 cm³/mol. The van der Waals surface area contributed by atoms with Crippen LogP contribution in [0.3, 0.4) is 0 Å². The van der Waals surface area contributed by atoms with E-state index >= 15 is 0 Å². The molecule has 5 heteroatoms. The molecule has 1 fully saturated rings. The van der Waals surface area contributed by atoms with Crippen molar-refractivity contribution in [1.29, 1.82) is 0 Å². The summed E-state index contributed by atoms with van der Waals surface area (Å²) in [5.41, 5.74) is 3.62. The molecule has 1 saturated carbocycles. The molecular formula is C24H30N2O3. The average molecular weight is 395 g/mol. The van der Waals surface area contributed by atoms with Crippen molar-refractivity contribution < 1.29 is 14.3 Å². The number of benzene rings is 2. The molecule has 0 bridgehead atoms. The minimum atomic E-state index is 0.0155. The quantitative estimate of drug-likeness (QED) is 0.780. The second-order valence-electron chi connectivity index (χ2n) is 8.13. The number of ether oxygens (including phenoxy) is 2. The Morgan fingerprint density at radius 3 is 2.48 bits per heavy atom. The Kier molecular flexibility index (Phi) is 5.76. The highest BCUT2D eigenvalue weighted by Gasteiger charge is 2.33. The maximum Gasteiger partial charge on any atom is 0.234 e. The zero-order valence-corrected chi connectivity index (χ0v) is 17.5. The first-order chi connectivity index (χ1) is 14.1. The molecule has 0 aromatic heterocycles. The molecule has 1 amide bonds. The van der Waals surface area contributed by atoms with Crippen molar-refractivity contribution in [1.82, 2.24) is 10.2 Å². The van der Waals surface area contributed by atoms with Crippen LogP contribution in [0.2, 0.25) is 0 Å². The molecule has 5 nitrogen and oxygen atoms in total. The Bertz CT molecular complexity index is 864. The number of methoxy groups -OCH3 is 2. The van der Waals surface area contributed by atoms with Gasteiger partial charge in [0.2, 0.25) is 5.91 Å². The van der Waals surface area contributed by atoms with Gasteiger partial charge in [-0.15, -0.1) is 0 Å². The third kappa shape index (κ3) is 4.25. The third-order valence-corrected chi connectivity index (χ3v) is 6.15. The number of rotatable bonds is 7. The molecule has 2 unspecified atom stereocenters. The number of fused-ring (bicyclic) bond motifs is 1. The van der Waals surface area contributed by atoms with E-state index < -0.39 is 0 Å². The Hall–Kier alpha value is -2.53. The molecule has 2 aromatic carbocycles. The molecule has 2 atom stereocenters. The lowest BCUT2D eigenvalue weighted by atomic mass is 9.87. The molecule has 1 aliphatic carbocycles. The first kappa shape index (κ1) is 19.8. The Balaban J connectivity index is 1.64. The fraction of sp³-hybridized carbons (Fsp3) is 0.458. The fourth-order valence-electron chi connectivity index (χ4n) is 4.39. The second kappa shape index (κ2) is 8.46. The molecule has 29 heavy (non-hydrogen) atoms. The van der Waals surface area contributed by atoms with Crippen LogP contribution in [-0.4, -0.2) is 44.2 Å². The Morgan fingerprint density at radius 1 is 1.14 bits per heavy atom. The van der Waals surface area contributed by atoms with E-state index in [2.05, 4.69) is 53.5 Å². The average Bonchev–Trinajstić information content (AvgIpc) is 3.58. The monoisotopic (exact) mass is 394 g/mol. The fourth-order valence-corrected chi connectivity index (χ4v) is 4.39. The number of hydrogen-bond acceptors (Lipinski definition) is 4. The first-order valence-electron chi connectivity index (χ1n) is 10.4. The van der Waals surface area contributed by atoms with Crippen molar-refractivity contribution in [2.45, 2.75) is 38.3 Å². The number of amides is 1. The van der Waals surface area contributed by atoms with Crippen molar-refractivity contribution in [2.24, 2.45) is 5.92 Å². The molecule has 1 N–H and O–H groups in total. The zero-order chi connectivity index (χ0) is 20.4. The van der Waals surface area contributed by atoms with Gasteiger partial charge in [-0.2, -0.15) is 0 Å². The van der Waals surface area contributed by atoms with E-state index in [4.69, 9.17) is 9.47 Å².